The molecule has 0 spiro atoms. The highest BCUT2D eigenvalue weighted by Gasteiger charge is 2.33. The van der Waals surface area contributed by atoms with Gasteiger partial charge < -0.3 is 14.4 Å². The van der Waals surface area contributed by atoms with Crippen LogP contribution in [0.25, 0.3) is 33.1 Å². The Bertz CT molecular complexity index is 2080. The van der Waals surface area contributed by atoms with Gasteiger partial charge in [0.05, 0.1) is 28.0 Å². The summed E-state index contributed by atoms with van der Waals surface area (Å²) < 4.78 is 8.50. The van der Waals surface area contributed by atoms with E-state index >= 15 is 0 Å². The fourth-order valence-electron chi connectivity index (χ4n) is 5.73. The summed E-state index contributed by atoms with van der Waals surface area (Å²) in [7, 11) is 0. The van der Waals surface area contributed by atoms with E-state index in [4.69, 9.17) is 9.72 Å². The number of carboxylic acids is 1. The van der Waals surface area contributed by atoms with E-state index in [1.165, 1.54) is 0 Å². The van der Waals surface area contributed by atoms with Gasteiger partial charge in [0.1, 0.15) is 12.4 Å². The standard InChI is InChI=1S/C40H42N4O3S/c1-7-29-18-20-34(43-42-29)28-14-12-26(13-15-28)24-44-35-21-19-31(47-25-30-17-16-27-10-8-9-11-33(27)41-30)22-32(35)37(48-39(2,3)4)36(44)23-40(5,6)38(45)46/h8-22H,7,23-25H2,1-6H3,(H,45,46). The van der Waals surface area contributed by atoms with Crippen molar-refractivity contribution in [2.24, 2.45) is 5.41 Å². The molecule has 48 heavy (non-hydrogen) atoms. The molecule has 0 atom stereocenters. The second kappa shape index (κ2) is 13.4. The first-order valence-electron chi connectivity index (χ1n) is 16.4. The van der Waals surface area contributed by atoms with Gasteiger partial charge in [-0.05, 0) is 68.3 Å². The average Bonchev–Trinajstić information content (AvgIpc) is 3.33. The summed E-state index contributed by atoms with van der Waals surface area (Å²) in [6.07, 6.45) is 1.23. The molecule has 0 bridgehead atoms. The van der Waals surface area contributed by atoms with Crippen LogP contribution in [-0.2, 0) is 30.8 Å². The van der Waals surface area contributed by atoms with Gasteiger partial charge in [0.25, 0.3) is 0 Å². The lowest BCUT2D eigenvalue weighted by Crippen LogP contribution is -2.28. The van der Waals surface area contributed by atoms with E-state index in [1.54, 1.807) is 25.6 Å². The Hall–Kier alpha value is -4.69. The molecule has 0 radical (unpaired) electrons. The first-order valence-corrected chi connectivity index (χ1v) is 17.2. The minimum Gasteiger partial charge on any atom is -0.487 e. The fourth-order valence-corrected chi connectivity index (χ4v) is 6.91. The number of thioether (sulfide) groups is 1. The van der Waals surface area contributed by atoms with Crippen LogP contribution in [0, 0.1) is 5.41 Å². The number of aromatic nitrogens is 4. The summed E-state index contributed by atoms with van der Waals surface area (Å²) in [6, 6.07) is 30.8. The van der Waals surface area contributed by atoms with E-state index in [-0.39, 0.29) is 4.75 Å². The number of aliphatic carboxylic acids is 1. The summed E-state index contributed by atoms with van der Waals surface area (Å²) in [5.41, 5.74) is 6.80. The third-order valence-corrected chi connectivity index (χ3v) is 9.68. The zero-order chi connectivity index (χ0) is 34.1. The van der Waals surface area contributed by atoms with Crippen molar-refractivity contribution in [3.8, 4) is 17.0 Å². The van der Waals surface area contributed by atoms with Crippen LogP contribution in [0.3, 0.4) is 0 Å². The Morgan fingerprint density at radius 1 is 0.875 bits per heavy atom. The van der Waals surface area contributed by atoms with E-state index in [0.717, 1.165) is 72.8 Å². The van der Waals surface area contributed by atoms with Gasteiger partial charge in [-0.3, -0.25) is 4.79 Å². The Morgan fingerprint density at radius 3 is 2.31 bits per heavy atom. The molecular weight excluding hydrogens is 617 g/mol. The lowest BCUT2D eigenvalue weighted by Gasteiger charge is -2.24. The van der Waals surface area contributed by atoms with Crippen LogP contribution in [0.5, 0.6) is 5.75 Å². The van der Waals surface area contributed by atoms with E-state index in [2.05, 4.69) is 91.0 Å². The zero-order valence-corrected chi connectivity index (χ0v) is 29.3. The Morgan fingerprint density at radius 2 is 1.62 bits per heavy atom. The molecule has 0 saturated carbocycles. The number of para-hydroxylation sites is 1. The van der Waals surface area contributed by atoms with Gasteiger partial charge in [-0.25, -0.2) is 4.98 Å². The number of hydrogen-bond acceptors (Lipinski definition) is 6. The van der Waals surface area contributed by atoms with Crippen molar-refractivity contribution >= 4 is 39.5 Å². The molecule has 0 unspecified atom stereocenters. The van der Waals surface area contributed by atoms with Crippen LogP contribution < -0.4 is 4.74 Å². The summed E-state index contributed by atoms with van der Waals surface area (Å²) in [6.45, 7) is 13.2. The molecule has 3 aromatic heterocycles. The Kier molecular flexibility index (Phi) is 9.30. The second-order valence-corrected chi connectivity index (χ2v) is 15.7. The predicted molar refractivity (Wildman–Crippen MR) is 195 cm³/mol. The molecule has 0 aliphatic carbocycles. The van der Waals surface area contributed by atoms with Crippen molar-refractivity contribution in [1.29, 1.82) is 0 Å². The third kappa shape index (κ3) is 7.39. The molecule has 7 nitrogen and oxygen atoms in total. The lowest BCUT2D eigenvalue weighted by molar-refractivity contribution is -0.146. The van der Waals surface area contributed by atoms with Crippen molar-refractivity contribution in [3.05, 3.63) is 114 Å². The maximum Gasteiger partial charge on any atom is 0.309 e. The number of hydrogen-bond donors (Lipinski definition) is 1. The highest BCUT2D eigenvalue weighted by Crippen LogP contribution is 2.44. The fraction of sp³-hybridized carbons (Fsp3) is 0.300. The van der Waals surface area contributed by atoms with Crippen LogP contribution in [0.1, 0.15) is 64.2 Å². The molecule has 3 heterocycles. The number of pyridine rings is 1. The summed E-state index contributed by atoms with van der Waals surface area (Å²) in [5, 5.41) is 21.1. The molecule has 0 amide bonds. The van der Waals surface area contributed by atoms with E-state index in [0.29, 0.717) is 19.6 Å². The van der Waals surface area contributed by atoms with Crippen molar-refractivity contribution in [1.82, 2.24) is 19.7 Å². The Labute approximate surface area is 286 Å². The van der Waals surface area contributed by atoms with Crippen molar-refractivity contribution < 1.29 is 14.6 Å². The first kappa shape index (κ1) is 33.2. The SMILES string of the molecule is CCc1ccc(-c2ccc(Cn3c(CC(C)(C)C(=O)O)c(SC(C)(C)C)c4cc(OCc5ccc6ccccc6n5)ccc43)cc2)nn1. The van der Waals surface area contributed by atoms with Gasteiger partial charge in [-0.1, -0.05) is 76.2 Å². The van der Waals surface area contributed by atoms with Gasteiger partial charge in [0.15, 0.2) is 0 Å². The number of rotatable bonds is 11. The molecule has 246 valence electrons. The normalized spacial score (nSPS) is 12.1. The molecule has 8 heteroatoms. The van der Waals surface area contributed by atoms with Crippen LogP contribution in [0.4, 0.5) is 0 Å². The van der Waals surface area contributed by atoms with Gasteiger partial charge >= 0.3 is 5.97 Å². The number of nitrogens with zero attached hydrogens (tertiary/aromatic N) is 4. The molecule has 0 aliphatic heterocycles. The first-order chi connectivity index (χ1) is 22.9. The molecule has 0 saturated heterocycles. The molecule has 3 aromatic carbocycles. The monoisotopic (exact) mass is 658 g/mol. The maximum atomic E-state index is 12.4. The van der Waals surface area contributed by atoms with Crippen LogP contribution in [0.15, 0.2) is 95.9 Å². The van der Waals surface area contributed by atoms with Gasteiger partial charge in [0, 0.05) is 50.2 Å². The quantitative estimate of drug-likeness (QED) is 0.139. The summed E-state index contributed by atoms with van der Waals surface area (Å²) in [4.78, 5) is 18.3. The molecule has 1 N–H and O–H groups in total. The zero-order valence-electron chi connectivity index (χ0n) is 28.4. The van der Waals surface area contributed by atoms with Crippen LogP contribution in [0.2, 0.25) is 0 Å². The molecule has 0 aliphatic rings. The maximum absolute atomic E-state index is 12.4. The number of fused-ring (bicyclic) bond motifs is 2. The number of aryl methyl sites for hydroxylation is 1. The van der Waals surface area contributed by atoms with Crippen LogP contribution >= 0.6 is 11.8 Å². The smallest absolute Gasteiger partial charge is 0.309 e. The minimum absolute atomic E-state index is 0.108. The summed E-state index contributed by atoms with van der Waals surface area (Å²) in [5.74, 6) is -0.0774. The Balaban J connectivity index is 1.38. The minimum atomic E-state index is -0.965. The summed E-state index contributed by atoms with van der Waals surface area (Å²) >= 11 is 1.77. The van der Waals surface area contributed by atoms with Crippen LogP contribution in [-0.4, -0.2) is 35.6 Å². The molecule has 0 fully saturated rings. The highest BCUT2D eigenvalue weighted by atomic mass is 32.2. The van der Waals surface area contributed by atoms with Gasteiger partial charge in [0.2, 0.25) is 0 Å². The van der Waals surface area contributed by atoms with E-state index in [9.17, 15) is 9.90 Å². The number of benzene rings is 3. The van der Waals surface area contributed by atoms with Crippen molar-refractivity contribution in [2.45, 2.75) is 77.2 Å². The number of ether oxygens (including phenoxy) is 1. The molecule has 6 aromatic rings. The van der Waals surface area contributed by atoms with Crippen molar-refractivity contribution in [2.75, 3.05) is 0 Å². The van der Waals surface area contributed by atoms with E-state index < -0.39 is 11.4 Å². The number of carboxylic acid groups (broad SMARTS) is 1. The topological polar surface area (TPSA) is 90.1 Å². The van der Waals surface area contributed by atoms with Gasteiger partial charge in [-0.15, -0.1) is 11.8 Å². The number of carbonyl (C=O) groups is 1. The van der Waals surface area contributed by atoms with E-state index in [1.807, 2.05) is 42.5 Å². The van der Waals surface area contributed by atoms with Gasteiger partial charge in [-0.2, -0.15) is 10.2 Å². The van der Waals surface area contributed by atoms with Crippen molar-refractivity contribution in [3.63, 3.8) is 0 Å². The largest absolute Gasteiger partial charge is 0.487 e. The lowest BCUT2D eigenvalue weighted by atomic mass is 9.88. The average molecular weight is 659 g/mol. The second-order valence-electron chi connectivity index (χ2n) is 13.9. The highest BCUT2D eigenvalue weighted by molar-refractivity contribution is 8.00. The molecular formula is C40H42N4O3S. The predicted octanol–water partition coefficient (Wildman–Crippen LogP) is 9.38. The molecule has 6 rings (SSSR count). The third-order valence-electron chi connectivity index (χ3n) is 8.40.